The van der Waals surface area contributed by atoms with Crippen molar-refractivity contribution in [3.8, 4) is 0 Å². The Hall–Kier alpha value is -1.11. The molecule has 0 spiro atoms. The minimum Gasteiger partial charge on any atom is -0.303 e. The SMILES string of the molecule is O=C[C@@H]1C2CCC(CC2)[C@@H]1c1ccccc1. The van der Waals surface area contributed by atoms with Crippen LogP contribution >= 0.6 is 0 Å². The van der Waals surface area contributed by atoms with Gasteiger partial charge in [0.1, 0.15) is 6.29 Å². The van der Waals surface area contributed by atoms with Gasteiger partial charge in [-0.05, 0) is 49.0 Å². The summed E-state index contributed by atoms with van der Waals surface area (Å²) in [5.74, 6) is 2.21. The topological polar surface area (TPSA) is 17.1 Å². The number of carbonyl (C=O) groups excluding carboxylic acids is 1. The third-order valence-electron chi connectivity index (χ3n) is 4.62. The highest BCUT2D eigenvalue weighted by Gasteiger charge is 2.43. The smallest absolute Gasteiger partial charge is 0.123 e. The van der Waals surface area contributed by atoms with E-state index < -0.39 is 0 Å². The van der Waals surface area contributed by atoms with Gasteiger partial charge in [-0.2, -0.15) is 0 Å². The van der Waals surface area contributed by atoms with E-state index in [4.69, 9.17) is 0 Å². The number of hydrogen-bond acceptors (Lipinski definition) is 1. The first-order chi connectivity index (χ1) is 7.90. The molecule has 0 radical (unpaired) electrons. The molecule has 1 heteroatoms. The van der Waals surface area contributed by atoms with Gasteiger partial charge in [0.05, 0.1) is 0 Å². The molecule has 4 rings (SSSR count). The highest BCUT2D eigenvalue weighted by atomic mass is 16.1. The third-order valence-corrected chi connectivity index (χ3v) is 4.62. The largest absolute Gasteiger partial charge is 0.303 e. The Balaban J connectivity index is 1.96. The van der Waals surface area contributed by atoms with Gasteiger partial charge >= 0.3 is 0 Å². The lowest BCUT2D eigenvalue weighted by molar-refractivity contribution is -0.116. The van der Waals surface area contributed by atoms with Gasteiger partial charge in [-0.1, -0.05) is 30.3 Å². The van der Waals surface area contributed by atoms with Crippen LogP contribution in [0.25, 0.3) is 0 Å². The van der Waals surface area contributed by atoms with Crippen LogP contribution in [0.2, 0.25) is 0 Å². The van der Waals surface area contributed by atoms with Crippen LogP contribution in [0.3, 0.4) is 0 Å². The van der Waals surface area contributed by atoms with E-state index in [0.29, 0.717) is 11.8 Å². The second kappa shape index (κ2) is 4.04. The van der Waals surface area contributed by atoms with E-state index in [1.54, 1.807) is 0 Å². The summed E-state index contributed by atoms with van der Waals surface area (Å²) in [5, 5.41) is 0. The Morgan fingerprint density at radius 2 is 1.56 bits per heavy atom. The summed E-state index contributed by atoms with van der Waals surface area (Å²) in [6, 6.07) is 10.6. The molecule has 1 aromatic carbocycles. The molecular formula is C15H18O. The maximum absolute atomic E-state index is 11.3. The molecule has 0 heterocycles. The van der Waals surface area contributed by atoms with Crippen molar-refractivity contribution in [2.45, 2.75) is 31.6 Å². The van der Waals surface area contributed by atoms with Gasteiger partial charge in [0.25, 0.3) is 0 Å². The second-order valence-corrected chi connectivity index (χ2v) is 5.32. The molecule has 0 unspecified atom stereocenters. The Kier molecular flexibility index (Phi) is 2.55. The van der Waals surface area contributed by atoms with Crippen LogP contribution in [-0.2, 0) is 4.79 Å². The molecular weight excluding hydrogens is 196 g/mol. The highest BCUT2D eigenvalue weighted by Crippen LogP contribution is 2.52. The van der Waals surface area contributed by atoms with E-state index in [2.05, 4.69) is 30.3 Å². The molecule has 0 aromatic heterocycles. The van der Waals surface area contributed by atoms with Crippen molar-refractivity contribution in [3.05, 3.63) is 35.9 Å². The van der Waals surface area contributed by atoms with Crippen LogP contribution < -0.4 is 0 Å². The van der Waals surface area contributed by atoms with Crippen molar-refractivity contribution in [2.75, 3.05) is 0 Å². The molecule has 0 N–H and O–H groups in total. The Morgan fingerprint density at radius 1 is 0.938 bits per heavy atom. The minimum atomic E-state index is 0.287. The van der Waals surface area contributed by atoms with Crippen molar-refractivity contribution in [3.63, 3.8) is 0 Å². The average molecular weight is 214 g/mol. The number of carbonyl (C=O) groups is 1. The average Bonchev–Trinajstić information content (AvgIpc) is 2.40. The molecule has 3 aliphatic rings. The second-order valence-electron chi connectivity index (χ2n) is 5.32. The predicted octanol–water partition coefficient (Wildman–Crippen LogP) is 3.41. The van der Waals surface area contributed by atoms with Crippen molar-refractivity contribution < 1.29 is 4.79 Å². The lowest BCUT2D eigenvalue weighted by atomic mass is 9.57. The third kappa shape index (κ3) is 1.50. The zero-order chi connectivity index (χ0) is 11.0. The molecule has 0 aliphatic heterocycles. The van der Waals surface area contributed by atoms with Crippen LogP contribution in [0, 0.1) is 17.8 Å². The normalized spacial score (nSPS) is 37.2. The van der Waals surface area contributed by atoms with Gasteiger partial charge in [0.15, 0.2) is 0 Å². The molecule has 2 atom stereocenters. The van der Waals surface area contributed by atoms with Crippen LogP contribution in [0.4, 0.5) is 0 Å². The lowest BCUT2D eigenvalue weighted by Gasteiger charge is -2.46. The van der Waals surface area contributed by atoms with Gasteiger partial charge in [0, 0.05) is 5.92 Å². The molecule has 3 fully saturated rings. The standard InChI is InChI=1S/C15H18O/c16-10-14-11-6-8-13(9-7-11)15(14)12-4-2-1-3-5-12/h1-5,10-11,13-15H,6-9H2/t11?,13?,14-,15+/m1/s1. The van der Waals surface area contributed by atoms with Crippen LogP contribution in [0.5, 0.6) is 0 Å². The van der Waals surface area contributed by atoms with Crippen molar-refractivity contribution >= 4 is 6.29 Å². The molecule has 0 saturated heterocycles. The fourth-order valence-corrected chi connectivity index (χ4v) is 3.86. The van der Waals surface area contributed by atoms with Crippen LogP contribution in [0.1, 0.15) is 37.2 Å². The first-order valence-electron chi connectivity index (χ1n) is 6.40. The summed E-state index contributed by atoms with van der Waals surface area (Å²) in [7, 11) is 0. The van der Waals surface area contributed by atoms with E-state index in [1.807, 2.05) is 0 Å². The Labute approximate surface area is 96.9 Å². The quantitative estimate of drug-likeness (QED) is 0.689. The maximum Gasteiger partial charge on any atom is 0.123 e. The predicted molar refractivity (Wildman–Crippen MR) is 64.2 cm³/mol. The zero-order valence-electron chi connectivity index (χ0n) is 9.51. The van der Waals surface area contributed by atoms with Gasteiger partial charge in [0.2, 0.25) is 0 Å². The van der Waals surface area contributed by atoms with Gasteiger partial charge < -0.3 is 4.79 Å². The number of hydrogen-bond donors (Lipinski definition) is 0. The molecule has 3 aliphatic carbocycles. The molecule has 2 bridgehead atoms. The van der Waals surface area contributed by atoms with Gasteiger partial charge in [-0.15, -0.1) is 0 Å². The van der Waals surface area contributed by atoms with E-state index in [9.17, 15) is 4.79 Å². The first kappa shape index (κ1) is 10.1. The van der Waals surface area contributed by atoms with E-state index in [0.717, 1.165) is 5.92 Å². The first-order valence-corrected chi connectivity index (χ1v) is 6.40. The Morgan fingerprint density at radius 3 is 2.19 bits per heavy atom. The number of benzene rings is 1. The van der Waals surface area contributed by atoms with Crippen LogP contribution in [0.15, 0.2) is 30.3 Å². The molecule has 1 nitrogen and oxygen atoms in total. The molecule has 1 aromatic rings. The number of aldehydes is 1. The van der Waals surface area contributed by atoms with Crippen molar-refractivity contribution in [2.24, 2.45) is 17.8 Å². The van der Waals surface area contributed by atoms with Crippen molar-refractivity contribution in [1.82, 2.24) is 0 Å². The Bertz CT molecular complexity index is 362. The van der Waals surface area contributed by atoms with E-state index in [-0.39, 0.29) is 5.92 Å². The molecule has 84 valence electrons. The molecule has 3 saturated carbocycles. The molecule has 16 heavy (non-hydrogen) atoms. The number of fused-ring (bicyclic) bond motifs is 3. The highest BCUT2D eigenvalue weighted by molar-refractivity contribution is 5.57. The monoisotopic (exact) mass is 214 g/mol. The fourth-order valence-electron chi connectivity index (χ4n) is 3.86. The van der Waals surface area contributed by atoms with Crippen LogP contribution in [-0.4, -0.2) is 6.29 Å². The van der Waals surface area contributed by atoms with Gasteiger partial charge in [-0.25, -0.2) is 0 Å². The van der Waals surface area contributed by atoms with E-state index in [1.165, 1.54) is 37.5 Å². The summed E-state index contributed by atoms with van der Waals surface area (Å²) in [5.41, 5.74) is 1.38. The number of rotatable bonds is 2. The molecule has 0 amide bonds. The summed E-state index contributed by atoms with van der Waals surface area (Å²) < 4.78 is 0. The lowest BCUT2D eigenvalue weighted by Crippen LogP contribution is -2.39. The fraction of sp³-hybridized carbons (Fsp3) is 0.533. The van der Waals surface area contributed by atoms with Gasteiger partial charge in [-0.3, -0.25) is 0 Å². The van der Waals surface area contributed by atoms with Crippen molar-refractivity contribution in [1.29, 1.82) is 0 Å². The summed E-state index contributed by atoms with van der Waals surface area (Å²) in [4.78, 5) is 11.3. The minimum absolute atomic E-state index is 0.287. The zero-order valence-corrected chi connectivity index (χ0v) is 9.51. The summed E-state index contributed by atoms with van der Waals surface area (Å²) in [6.07, 6.45) is 6.44. The maximum atomic E-state index is 11.3. The summed E-state index contributed by atoms with van der Waals surface area (Å²) in [6.45, 7) is 0. The summed E-state index contributed by atoms with van der Waals surface area (Å²) >= 11 is 0. The van der Waals surface area contributed by atoms with E-state index >= 15 is 0 Å².